The summed E-state index contributed by atoms with van der Waals surface area (Å²) < 4.78 is 4.92. The predicted molar refractivity (Wildman–Crippen MR) is 42.9 cm³/mol. The zero-order valence-electron chi connectivity index (χ0n) is 7.06. The van der Waals surface area contributed by atoms with Gasteiger partial charge in [0.2, 0.25) is 0 Å². The number of hydrogen-bond acceptors (Lipinski definition) is 3. The van der Waals surface area contributed by atoms with Crippen molar-refractivity contribution in [2.75, 3.05) is 26.8 Å². The number of carboxylic acid groups (broad SMARTS) is 1. The van der Waals surface area contributed by atoms with Crippen molar-refractivity contribution in [1.82, 2.24) is 4.90 Å². The highest BCUT2D eigenvalue weighted by Gasteiger charge is 2.32. The third-order valence-electron chi connectivity index (χ3n) is 2.14. The first kappa shape index (κ1) is 9.28. The summed E-state index contributed by atoms with van der Waals surface area (Å²) in [6.45, 7) is 1.44. The maximum absolute atomic E-state index is 10.5. The molecular formula is C7H14N2O3. The Kier molecular flexibility index (Phi) is 2.88. The molecule has 0 spiro atoms. The highest BCUT2D eigenvalue weighted by atomic mass is 16.5. The quantitative estimate of drug-likeness (QED) is 0.595. The van der Waals surface area contributed by atoms with Crippen LogP contribution in [0.3, 0.4) is 0 Å². The van der Waals surface area contributed by atoms with Crippen LogP contribution in [-0.2, 0) is 4.74 Å². The Morgan fingerprint density at radius 3 is 2.83 bits per heavy atom. The van der Waals surface area contributed by atoms with Crippen LogP contribution in [0.15, 0.2) is 0 Å². The Morgan fingerprint density at radius 2 is 2.42 bits per heavy atom. The molecule has 70 valence electrons. The number of likely N-dealkylation sites (tertiary alicyclic amines) is 1. The van der Waals surface area contributed by atoms with Crippen LogP contribution in [0.2, 0.25) is 0 Å². The van der Waals surface area contributed by atoms with E-state index in [0.29, 0.717) is 19.7 Å². The van der Waals surface area contributed by atoms with Crippen LogP contribution in [-0.4, -0.2) is 48.9 Å². The van der Waals surface area contributed by atoms with E-state index in [-0.39, 0.29) is 12.0 Å². The zero-order chi connectivity index (χ0) is 9.14. The second-order valence-electron chi connectivity index (χ2n) is 3.07. The van der Waals surface area contributed by atoms with Gasteiger partial charge in [0.25, 0.3) is 0 Å². The molecule has 12 heavy (non-hydrogen) atoms. The lowest BCUT2D eigenvalue weighted by atomic mass is 10.1. The van der Waals surface area contributed by atoms with Crippen molar-refractivity contribution in [3.8, 4) is 0 Å². The maximum atomic E-state index is 10.5. The van der Waals surface area contributed by atoms with Crippen LogP contribution >= 0.6 is 0 Å². The first-order valence-corrected chi connectivity index (χ1v) is 3.87. The Hall–Kier alpha value is -0.810. The van der Waals surface area contributed by atoms with Crippen LogP contribution in [0.1, 0.15) is 0 Å². The molecule has 5 heteroatoms. The average molecular weight is 174 g/mol. The number of methoxy groups -OCH3 is 1. The molecule has 0 saturated carbocycles. The van der Waals surface area contributed by atoms with Gasteiger partial charge in [-0.3, -0.25) is 0 Å². The van der Waals surface area contributed by atoms with E-state index in [4.69, 9.17) is 15.6 Å². The van der Waals surface area contributed by atoms with E-state index >= 15 is 0 Å². The fraction of sp³-hybridized carbons (Fsp3) is 0.857. The van der Waals surface area contributed by atoms with Gasteiger partial charge in [-0.15, -0.1) is 0 Å². The van der Waals surface area contributed by atoms with E-state index < -0.39 is 6.09 Å². The lowest BCUT2D eigenvalue weighted by Crippen LogP contribution is -2.32. The smallest absolute Gasteiger partial charge is 0.407 e. The van der Waals surface area contributed by atoms with Crippen LogP contribution in [0, 0.1) is 5.92 Å². The summed E-state index contributed by atoms with van der Waals surface area (Å²) >= 11 is 0. The monoisotopic (exact) mass is 174 g/mol. The first-order chi connectivity index (χ1) is 5.65. The predicted octanol–water partition coefficient (Wildman–Crippen LogP) is -0.430. The molecule has 1 amide bonds. The van der Waals surface area contributed by atoms with E-state index in [1.165, 1.54) is 4.90 Å². The third kappa shape index (κ3) is 1.86. The number of nitrogens with zero attached hydrogens (tertiary/aromatic N) is 1. The Morgan fingerprint density at radius 1 is 1.75 bits per heavy atom. The van der Waals surface area contributed by atoms with E-state index in [2.05, 4.69) is 0 Å². The fourth-order valence-electron chi connectivity index (χ4n) is 1.44. The lowest BCUT2D eigenvalue weighted by molar-refractivity contribution is 0.137. The summed E-state index contributed by atoms with van der Waals surface area (Å²) in [5, 5.41) is 8.65. The van der Waals surface area contributed by atoms with Crippen molar-refractivity contribution >= 4 is 6.09 Å². The molecule has 1 saturated heterocycles. The van der Waals surface area contributed by atoms with Gasteiger partial charge < -0.3 is 20.5 Å². The van der Waals surface area contributed by atoms with E-state index in [0.717, 1.165) is 0 Å². The second-order valence-corrected chi connectivity index (χ2v) is 3.07. The SMILES string of the molecule is COC[C@@H]1CN(C(=O)O)C[C@@H]1N. The molecule has 2 atom stereocenters. The van der Waals surface area contributed by atoms with Gasteiger partial charge in [0.1, 0.15) is 0 Å². The van der Waals surface area contributed by atoms with Crippen molar-refractivity contribution in [2.45, 2.75) is 6.04 Å². The van der Waals surface area contributed by atoms with Gasteiger partial charge in [0.05, 0.1) is 6.61 Å². The molecule has 0 aromatic rings. The molecule has 0 unspecified atom stereocenters. The van der Waals surface area contributed by atoms with Gasteiger partial charge in [-0.05, 0) is 0 Å². The van der Waals surface area contributed by atoms with Gasteiger partial charge in [-0.25, -0.2) is 4.79 Å². The van der Waals surface area contributed by atoms with Gasteiger partial charge in [-0.2, -0.15) is 0 Å². The van der Waals surface area contributed by atoms with Crippen LogP contribution in [0.4, 0.5) is 4.79 Å². The Bertz CT molecular complexity index is 174. The van der Waals surface area contributed by atoms with Crippen molar-refractivity contribution in [2.24, 2.45) is 11.7 Å². The van der Waals surface area contributed by atoms with E-state index in [1.54, 1.807) is 7.11 Å². The van der Waals surface area contributed by atoms with Crippen molar-refractivity contribution < 1.29 is 14.6 Å². The first-order valence-electron chi connectivity index (χ1n) is 3.87. The van der Waals surface area contributed by atoms with E-state index in [1.807, 2.05) is 0 Å². The molecule has 0 aromatic heterocycles. The molecule has 5 nitrogen and oxygen atoms in total. The topological polar surface area (TPSA) is 75.8 Å². The zero-order valence-corrected chi connectivity index (χ0v) is 7.06. The number of hydrogen-bond donors (Lipinski definition) is 2. The van der Waals surface area contributed by atoms with Crippen LogP contribution < -0.4 is 5.73 Å². The summed E-state index contributed by atoms with van der Waals surface area (Å²) in [4.78, 5) is 11.9. The molecule has 1 heterocycles. The van der Waals surface area contributed by atoms with Gasteiger partial charge in [0, 0.05) is 32.2 Å². The normalized spacial score (nSPS) is 29.3. The van der Waals surface area contributed by atoms with Crippen molar-refractivity contribution in [3.63, 3.8) is 0 Å². The van der Waals surface area contributed by atoms with Crippen molar-refractivity contribution in [1.29, 1.82) is 0 Å². The van der Waals surface area contributed by atoms with Crippen molar-refractivity contribution in [3.05, 3.63) is 0 Å². The van der Waals surface area contributed by atoms with Gasteiger partial charge in [0.15, 0.2) is 0 Å². The number of nitrogens with two attached hydrogens (primary N) is 1. The van der Waals surface area contributed by atoms with Crippen LogP contribution in [0.25, 0.3) is 0 Å². The molecule has 1 rings (SSSR count). The third-order valence-corrected chi connectivity index (χ3v) is 2.14. The lowest BCUT2D eigenvalue weighted by Gasteiger charge is -2.11. The van der Waals surface area contributed by atoms with Crippen LogP contribution in [0.5, 0.6) is 0 Å². The standard InChI is InChI=1S/C7H14N2O3/c1-12-4-5-2-9(7(10)11)3-6(5)8/h5-6H,2-4,8H2,1H3,(H,10,11)/t5-,6-/m0/s1. The fourth-order valence-corrected chi connectivity index (χ4v) is 1.44. The molecule has 0 aromatic carbocycles. The summed E-state index contributed by atoms with van der Waals surface area (Å²) in [6.07, 6.45) is -0.899. The molecule has 3 N–H and O–H groups in total. The summed E-state index contributed by atoms with van der Waals surface area (Å²) in [6, 6.07) is -0.0824. The highest BCUT2D eigenvalue weighted by Crippen LogP contribution is 2.15. The minimum absolute atomic E-state index is 0.0824. The molecule has 1 aliphatic rings. The minimum atomic E-state index is -0.899. The molecule has 1 fully saturated rings. The molecule has 0 radical (unpaired) electrons. The molecule has 1 aliphatic heterocycles. The Labute approximate surface area is 71.1 Å². The second kappa shape index (κ2) is 3.73. The van der Waals surface area contributed by atoms with Gasteiger partial charge in [-0.1, -0.05) is 0 Å². The summed E-state index contributed by atoms with van der Waals surface area (Å²) in [5.41, 5.74) is 5.71. The number of amides is 1. The maximum Gasteiger partial charge on any atom is 0.407 e. The largest absolute Gasteiger partial charge is 0.465 e. The molecular weight excluding hydrogens is 160 g/mol. The van der Waals surface area contributed by atoms with Gasteiger partial charge >= 0.3 is 6.09 Å². The number of rotatable bonds is 2. The molecule has 0 bridgehead atoms. The van der Waals surface area contributed by atoms with E-state index in [9.17, 15) is 4.79 Å². The highest BCUT2D eigenvalue weighted by molar-refractivity contribution is 5.65. The number of ether oxygens (including phenoxy) is 1. The minimum Gasteiger partial charge on any atom is -0.465 e. The average Bonchev–Trinajstić information content (AvgIpc) is 2.34. The summed E-state index contributed by atoms with van der Waals surface area (Å²) in [5.74, 6) is 0.145. The molecule has 0 aliphatic carbocycles. The Balaban J connectivity index is 2.44. The number of carbonyl (C=O) groups is 1. The summed E-state index contributed by atoms with van der Waals surface area (Å²) in [7, 11) is 1.59.